The highest BCUT2D eigenvalue weighted by atomic mass is 32.2. The van der Waals surface area contributed by atoms with E-state index in [0.717, 1.165) is 22.0 Å². The summed E-state index contributed by atoms with van der Waals surface area (Å²) in [5, 5.41) is 0.802. The Morgan fingerprint density at radius 3 is 2.24 bits per heavy atom. The van der Waals surface area contributed by atoms with E-state index < -0.39 is 10.0 Å². The SMILES string of the molecule is Cn1ccc2c(C(=O)CNS(=O)(=O)c3ccccc3)cc(-c3ccccc3)cc21. The van der Waals surface area contributed by atoms with Crippen LogP contribution in [0.4, 0.5) is 0 Å². The molecule has 1 N–H and O–H groups in total. The Morgan fingerprint density at radius 1 is 0.897 bits per heavy atom. The lowest BCUT2D eigenvalue weighted by Crippen LogP contribution is -2.29. The third-order valence-electron chi connectivity index (χ3n) is 4.89. The predicted molar refractivity (Wildman–Crippen MR) is 114 cm³/mol. The molecule has 1 heterocycles. The monoisotopic (exact) mass is 404 g/mol. The van der Waals surface area contributed by atoms with Gasteiger partial charge in [0.05, 0.1) is 11.4 Å². The minimum Gasteiger partial charge on any atom is -0.351 e. The molecule has 0 aliphatic heterocycles. The number of rotatable bonds is 6. The minimum absolute atomic E-state index is 0.135. The van der Waals surface area contributed by atoms with Gasteiger partial charge in [-0.3, -0.25) is 4.79 Å². The fourth-order valence-corrected chi connectivity index (χ4v) is 4.34. The first kappa shape index (κ1) is 19.1. The summed E-state index contributed by atoms with van der Waals surface area (Å²) >= 11 is 0. The van der Waals surface area contributed by atoms with Crippen molar-refractivity contribution in [1.29, 1.82) is 0 Å². The number of hydrogen-bond acceptors (Lipinski definition) is 3. The number of carbonyl (C=O) groups is 1. The number of Topliss-reactive ketones (excluding diaryl/α,β-unsaturated/α-hetero) is 1. The quantitative estimate of drug-likeness (QED) is 0.494. The number of hydrogen-bond donors (Lipinski definition) is 1. The third kappa shape index (κ3) is 3.85. The molecule has 0 atom stereocenters. The van der Waals surface area contributed by atoms with Gasteiger partial charge in [0, 0.05) is 29.7 Å². The van der Waals surface area contributed by atoms with Gasteiger partial charge in [0.25, 0.3) is 0 Å². The number of fused-ring (bicyclic) bond motifs is 1. The van der Waals surface area contributed by atoms with Gasteiger partial charge in [-0.25, -0.2) is 13.1 Å². The molecule has 3 aromatic carbocycles. The lowest BCUT2D eigenvalue weighted by molar-refractivity contribution is 0.0998. The summed E-state index contributed by atoms with van der Waals surface area (Å²) in [4.78, 5) is 13.1. The average molecular weight is 404 g/mol. The summed E-state index contributed by atoms with van der Waals surface area (Å²) < 4.78 is 29.3. The van der Waals surface area contributed by atoms with Crippen molar-refractivity contribution in [1.82, 2.24) is 9.29 Å². The number of nitrogens with zero attached hydrogens (tertiary/aromatic N) is 1. The molecular weight excluding hydrogens is 384 g/mol. The van der Waals surface area contributed by atoms with Crippen LogP contribution in [0.5, 0.6) is 0 Å². The van der Waals surface area contributed by atoms with E-state index >= 15 is 0 Å². The molecule has 0 spiro atoms. The van der Waals surface area contributed by atoms with Crippen LogP contribution in [0.25, 0.3) is 22.0 Å². The van der Waals surface area contributed by atoms with E-state index in [4.69, 9.17) is 0 Å². The average Bonchev–Trinajstić information content (AvgIpc) is 3.13. The molecule has 1 aromatic heterocycles. The molecule has 0 bridgehead atoms. The molecule has 29 heavy (non-hydrogen) atoms. The Kier molecular flexibility index (Phi) is 5.05. The van der Waals surface area contributed by atoms with E-state index in [1.807, 2.05) is 66.3 Å². The number of aromatic nitrogens is 1. The van der Waals surface area contributed by atoms with Crippen LogP contribution in [-0.2, 0) is 17.1 Å². The number of nitrogens with one attached hydrogen (secondary N) is 1. The molecule has 146 valence electrons. The van der Waals surface area contributed by atoms with E-state index in [0.29, 0.717) is 5.56 Å². The number of aryl methyl sites for hydroxylation is 1. The molecular formula is C23H20N2O3S. The van der Waals surface area contributed by atoms with Crippen LogP contribution < -0.4 is 4.72 Å². The van der Waals surface area contributed by atoms with Crippen molar-refractivity contribution < 1.29 is 13.2 Å². The van der Waals surface area contributed by atoms with Gasteiger partial charge in [-0.15, -0.1) is 0 Å². The normalized spacial score (nSPS) is 11.6. The fourth-order valence-electron chi connectivity index (χ4n) is 3.34. The number of sulfonamides is 1. The van der Waals surface area contributed by atoms with E-state index in [2.05, 4.69) is 4.72 Å². The second-order valence-electron chi connectivity index (χ2n) is 6.81. The Bertz CT molecular complexity index is 1280. The van der Waals surface area contributed by atoms with Gasteiger partial charge in [-0.2, -0.15) is 0 Å². The highest BCUT2D eigenvalue weighted by molar-refractivity contribution is 7.89. The molecule has 0 aliphatic rings. The molecule has 0 saturated heterocycles. The van der Waals surface area contributed by atoms with Gasteiger partial charge in [0.2, 0.25) is 10.0 Å². The van der Waals surface area contributed by atoms with E-state index in [-0.39, 0.29) is 17.2 Å². The molecule has 4 aromatic rings. The van der Waals surface area contributed by atoms with Gasteiger partial charge in [0.15, 0.2) is 5.78 Å². The maximum atomic E-state index is 13.0. The van der Waals surface area contributed by atoms with E-state index in [1.54, 1.807) is 18.2 Å². The Morgan fingerprint density at radius 2 is 1.55 bits per heavy atom. The molecule has 0 saturated carbocycles. The standard InChI is InChI=1S/C23H20N2O3S/c1-25-13-12-20-21(14-18(15-22(20)25)17-8-4-2-5-9-17)23(26)16-24-29(27,28)19-10-6-3-7-11-19/h2-15,24H,16H2,1H3. The van der Waals surface area contributed by atoms with Crippen molar-refractivity contribution in [3.05, 3.63) is 90.6 Å². The maximum absolute atomic E-state index is 13.0. The first-order valence-electron chi connectivity index (χ1n) is 9.18. The lowest BCUT2D eigenvalue weighted by atomic mass is 9.98. The smallest absolute Gasteiger partial charge is 0.240 e. The summed E-state index contributed by atoms with van der Waals surface area (Å²) in [7, 11) is -1.83. The van der Waals surface area contributed by atoms with E-state index in [9.17, 15) is 13.2 Å². The summed E-state index contributed by atoms with van der Waals surface area (Å²) in [6.45, 7) is -0.306. The highest BCUT2D eigenvalue weighted by Gasteiger charge is 2.19. The first-order chi connectivity index (χ1) is 14.0. The maximum Gasteiger partial charge on any atom is 0.240 e. The second-order valence-corrected chi connectivity index (χ2v) is 8.58. The zero-order valence-electron chi connectivity index (χ0n) is 15.9. The third-order valence-corrected chi connectivity index (χ3v) is 6.30. The molecule has 4 rings (SSSR count). The molecule has 5 nitrogen and oxygen atoms in total. The van der Waals surface area contributed by atoms with Crippen LogP contribution in [-0.4, -0.2) is 25.3 Å². The van der Waals surface area contributed by atoms with Gasteiger partial charge in [-0.05, 0) is 41.5 Å². The predicted octanol–water partition coefficient (Wildman–Crippen LogP) is 4.01. The van der Waals surface area contributed by atoms with Crippen molar-refractivity contribution in [2.75, 3.05) is 6.54 Å². The Hall–Kier alpha value is -3.22. The number of carbonyl (C=O) groups excluding carboxylic acids is 1. The summed E-state index contributed by atoms with van der Waals surface area (Å²) in [5.41, 5.74) is 3.32. The molecule has 6 heteroatoms. The van der Waals surface area contributed by atoms with Gasteiger partial charge in [-0.1, -0.05) is 48.5 Å². The van der Waals surface area contributed by atoms with Crippen LogP contribution in [0, 0.1) is 0 Å². The molecule has 0 radical (unpaired) electrons. The van der Waals surface area contributed by atoms with Crippen LogP contribution in [0.2, 0.25) is 0 Å². The molecule has 0 aliphatic carbocycles. The molecule has 0 amide bonds. The van der Waals surface area contributed by atoms with Crippen molar-refractivity contribution in [3.8, 4) is 11.1 Å². The zero-order chi connectivity index (χ0) is 20.4. The van der Waals surface area contributed by atoms with Gasteiger partial charge in [0.1, 0.15) is 0 Å². The highest BCUT2D eigenvalue weighted by Crippen LogP contribution is 2.28. The van der Waals surface area contributed by atoms with Crippen LogP contribution in [0.3, 0.4) is 0 Å². The number of benzene rings is 3. The zero-order valence-corrected chi connectivity index (χ0v) is 16.7. The fraction of sp³-hybridized carbons (Fsp3) is 0.0870. The minimum atomic E-state index is -3.75. The van der Waals surface area contributed by atoms with Crippen molar-refractivity contribution in [2.24, 2.45) is 7.05 Å². The lowest BCUT2D eigenvalue weighted by Gasteiger charge is -2.10. The van der Waals surface area contributed by atoms with Crippen LogP contribution in [0.1, 0.15) is 10.4 Å². The Labute approximate surface area is 169 Å². The van der Waals surface area contributed by atoms with E-state index in [1.165, 1.54) is 12.1 Å². The summed E-state index contributed by atoms with van der Waals surface area (Å²) in [5.74, 6) is -0.279. The van der Waals surface area contributed by atoms with Crippen molar-refractivity contribution >= 4 is 26.7 Å². The van der Waals surface area contributed by atoms with Crippen molar-refractivity contribution in [3.63, 3.8) is 0 Å². The largest absolute Gasteiger partial charge is 0.351 e. The van der Waals surface area contributed by atoms with Gasteiger partial charge < -0.3 is 4.57 Å². The van der Waals surface area contributed by atoms with Crippen LogP contribution in [0.15, 0.2) is 90.0 Å². The molecule has 0 unspecified atom stereocenters. The summed E-state index contributed by atoms with van der Waals surface area (Å²) in [6.07, 6.45) is 1.89. The van der Waals surface area contributed by atoms with Crippen LogP contribution >= 0.6 is 0 Å². The van der Waals surface area contributed by atoms with Crippen molar-refractivity contribution in [2.45, 2.75) is 4.90 Å². The topological polar surface area (TPSA) is 68.2 Å². The Balaban J connectivity index is 1.69. The van der Waals surface area contributed by atoms with Gasteiger partial charge >= 0.3 is 0 Å². The number of ketones is 1. The summed E-state index contributed by atoms with van der Waals surface area (Å²) in [6, 6.07) is 23.6. The second kappa shape index (κ2) is 7.66. The molecule has 0 fully saturated rings. The first-order valence-corrected chi connectivity index (χ1v) is 10.7.